The highest BCUT2D eigenvalue weighted by Crippen LogP contribution is 2.37. The number of nitrogens with one attached hydrogen (secondary N) is 2. The summed E-state index contributed by atoms with van der Waals surface area (Å²) in [5.74, 6) is 0.476. The van der Waals surface area contributed by atoms with Gasteiger partial charge in [-0.05, 0) is 31.2 Å². The van der Waals surface area contributed by atoms with E-state index in [1.807, 2.05) is 43.5 Å². The fourth-order valence-electron chi connectivity index (χ4n) is 4.67. The van der Waals surface area contributed by atoms with Gasteiger partial charge < -0.3 is 0 Å². The van der Waals surface area contributed by atoms with Crippen LogP contribution < -0.4 is 10.6 Å². The van der Waals surface area contributed by atoms with Crippen molar-refractivity contribution in [3.8, 4) is 28.2 Å². The van der Waals surface area contributed by atoms with E-state index in [0.29, 0.717) is 28.3 Å². The number of amides is 2. The minimum Gasteiger partial charge on any atom is -0.292 e. The van der Waals surface area contributed by atoms with Crippen LogP contribution in [0.1, 0.15) is 11.1 Å². The molecule has 6 aromatic rings. The second kappa shape index (κ2) is 9.97. The first-order chi connectivity index (χ1) is 19.7. The number of carbonyl (C=O) groups is 1. The molecule has 4 heterocycles. The number of rotatable bonds is 5. The summed E-state index contributed by atoms with van der Waals surface area (Å²) in [5, 5.41) is 14.6. The van der Waals surface area contributed by atoms with Gasteiger partial charge in [-0.1, -0.05) is 48.5 Å². The lowest BCUT2D eigenvalue weighted by atomic mass is 10.1. The molecule has 206 valence electrons. The van der Waals surface area contributed by atoms with Crippen molar-refractivity contribution in [2.75, 3.05) is 10.6 Å². The van der Waals surface area contributed by atoms with Crippen LogP contribution in [0, 0.1) is 6.92 Å². The standard InChI is InChI=1S/C29H23F3N8O/c1-18-23(20-16-33-38(2)17-20)37-40(21-12-7-4-8-13-21)25(18)35-28(41)36-27-24(19-10-5-3-6-11-19)34-26-22(29(30,31)32)14-9-15-39(26)27/h3-17H,1-2H3,(H2,35,36,41). The van der Waals surface area contributed by atoms with Crippen molar-refractivity contribution in [3.63, 3.8) is 0 Å². The van der Waals surface area contributed by atoms with Crippen LogP contribution in [-0.4, -0.2) is 35.0 Å². The number of halogens is 3. The zero-order valence-electron chi connectivity index (χ0n) is 21.9. The highest BCUT2D eigenvalue weighted by molar-refractivity contribution is 6.02. The number of aromatic nitrogens is 6. The van der Waals surface area contributed by atoms with Crippen molar-refractivity contribution in [2.45, 2.75) is 13.1 Å². The number of para-hydroxylation sites is 1. The zero-order chi connectivity index (χ0) is 28.7. The average molecular weight is 557 g/mol. The van der Waals surface area contributed by atoms with Gasteiger partial charge in [0.15, 0.2) is 5.65 Å². The largest absolute Gasteiger partial charge is 0.419 e. The third-order valence-corrected chi connectivity index (χ3v) is 6.57. The van der Waals surface area contributed by atoms with E-state index in [1.165, 1.54) is 16.7 Å². The Bertz CT molecular complexity index is 1870. The molecular weight excluding hydrogens is 533 g/mol. The van der Waals surface area contributed by atoms with Crippen LogP contribution in [0.5, 0.6) is 0 Å². The van der Waals surface area contributed by atoms with E-state index >= 15 is 0 Å². The Morgan fingerprint density at radius 3 is 2.20 bits per heavy atom. The highest BCUT2D eigenvalue weighted by atomic mass is 19.4. The quantitative estimate of drug-likeness (QED) is 0.252. The van der Waals surface area contributed by atoms with Crippen molar-refractivity contribution in [3.05, 3.63) is 103 Å². The molecule has 0 aliphatic rings. The predicted molar refractivity (Wildman–Crippen MR) is 149 cm³/mol. The van der Waals surface area contributed by atoms with Gasteiger partial charge in [0.2, 0.25) is 0 Å². The molecule has 4 aromatic heterocycles. The summed E-state index contributed by atoms with van der Waals surface area (Å²) in [5.41, 5.74) is 2.27. The molecule has 2 amide bonds. The number of hydrogen-bond donors (Lipinski definition) is 2. The molecule has 0 unspecified atom stereocenters. The number of fused-ring (bicyclic) bond motifs is 1. The Labute approximate surface area is 231 Å². The van der Waals surface area contributed by atoms with E-state index < -0.39 is 17.8 Å². The number of pyridine rings is 1. The van der Waals surface area contributed by atoms with E-state index in [2.05, 4.69) is 20.7 Å². The van der Waals surface area contributed by atoms with Crippen molar-refractivity contribution in [1.82, 2.24) is 28.9 Å². The number of nitrogens with zero attached hydrogens (tertiary/aromatic N) is 6. The van der Waals surface area contributed by atoms with Gasteiger partial charge in [0.1, 0.15) is 23.0 Å². The molecule has 9 nitrogen and oxygen atoms in total. The van der Waals surface area contributed by atoms with Crippen molar-refractivity contribution in [1.29, 1.82) is 0 Å². The normalized spacial score (nSPS) is 11.6. The maximum atomic E-state index is 13.8. The summed E-state index contributed by atoms with van der Waals surface area (Å²) < 4.78 is 46.0. The van der Waals surface area contributed by atoms with Crippen LogP contribution in [0.4, 0.5) is 29.6 Å². The zero-order valence-corrected chi connectivity index (χ0v) is 21.9. The fraction of sp³-hybridized carbons (Fsp3) is 0.103. The summed E-state index contributed by atoms with van der Waals surface area (Å²) in [4.78, 5) is 17.8. The first kappa shape index (κ1) is 25.9. The Kier molecular flexibility index (Phi) is 6.29. The number of imidazole rings is 1. The maximum absolute atomic E-state index is 13.8. The van der Waals surface area contributed by atoms with Crippen LogP contribution >= 0.6 is 0 Å². The molecule has 12 heteroatoms. The molecule has 6 rings (SSSR count). The second-order valence-corrected chi connectivity index (χ2v) is 9.34. The summed E-state index contributed by atoms with van der Waals surface area (Å²) in [7, 11) is 1.80. The van der Waals surface area contributed by atoms with E-state index in [4.69, 9.17) is 5.10 Å². The van der Waals surface area contributed by atoms with Crippen LogP contribution in [0.2, 0.25) is 0 Å². The molecule has 0 saturated carbocycles. The SMILES string of the molecule is Cc1c(-c2cnn(C)c2)nn(-c2ccccc2)c1NC(=O)Nc1c(-c2ccccc2)nc2c(C(F)(F)F)cccn12. The van der Waals surface area contributed by atoms with Crippen LogP contribution in [-0.2, 0) is 13.2 Å². The minimum absolute atomic E-state index is 0.0886. The Balaban J connectivity index is 1.43. The molecular formula is C29H23F3N8O. The van der Waals surface area contributed by atoms with Gasteiger partial charge in [0, 0.05) is 36.1 Å². The monoisotopic (exact) mass is 556 g/mol. The molecule has 0 aliphatic carbocycles. The smallest absolute Gasteiger partial charge is 0.292 e. The summed E-state index contributed by atoms with van der Waals surface area (Å²) >= 11 is 0. The maximum Gasteiger partial charge on any atom is 0.419 e. The molecule has 0 spiro atoms. The summed E-state index contributed by atoms with van der Waals surface area (Å²) in [6, 6.07) is 19.5. The number of anilines is 2. The molecule has 0 bridgehead atoms. The number of aryl methyl sites for hydroxylation is 1. The Morgan fingerprint density at radius 1 is 0.854 bits per heavy atom. The Morgan fingerprint density at radius 2 is 1.54 bits per heavy atom. The van der Waals surface area contributed by atoms with E-state index in [9.17, 15) is 18.0 Å². The lowest BCUT2D eigenvalue weighted by Crippen LogP contribution is -2.23. The summed E-state index contributed by atoms with van der Waals surface area (Å²) in [6.07, 6.45) is 0.289. The van der Waals surface area contributed by atoms with Crippen molar-refractivity contribution < 1.29 is 18.0 Å². The second-order valence-electron chi connectivity index (χ2n) is 9.34. The van der Waals surface area contributed by atoms with E-state index in [-0.39, 0.29) is 17.2 Å². The minimum atomic E-state index is -4.64. The van der Waals surface area contributed by atoms with Crippen LogP contribution in [0.3, 0.4) is 0 Å². The number of alkyl halides is 3. The molecule has 2 aromatic carbocycles. The van der Waals surface area contributed by atoms with Gasteiger partial charge >= 0.3 is 12.2 Å². The first-order valence-electron chi connectivity index (χ1n) is 12.6. The lowest BCUT2D eigenvalue weighted by molar-refractivity contribution is -0.136. The van der Waals surface area contributed by atoms with Crippen molar-refractivity contribution in [2.24, 2.45) is 7.05 Å². The number of urea groups is 1. The van der Waals surface area contributed by atoms with E-state index in [0.717, 1.165) is 11.6 Å². The van der Waals surface area contributed by atoms with Gasteiger partial charge in [0.05, 0.1) is 17.4 Å². The Hall–Kier alpha value is -5.39. The van der Waals surface area contributed by atoms with Gasteiger partial charge in [-0.15, -0.1) is 0 Å². The molecule has 41 heavy (non-hydrogen) atoms. The molecule has 0 aliphatic heterocycles. The molecule has 0 fully saturated rings. The fourth-order valence-corrected chi connectivity index (χ4v) is 4.67. The van der Waals surface area contributed by atoms with Crippen LogP contribution in [0.25, 0.3) is 33.8 Å². The predicted octanol–water partition coefficient (Wildman–Crippen LogP) is 6.56. The molecule has 0 atom stereocenters. The third kappa shape index (κ3) is 4.80. The molecule has 2 N–H and O–H groups in total. The average Bonchev–Trinajstić information content (AvgIpc) is 3.65. The lowest BCUT2D eigenvalue weighted by Gasteiger charge is -2.13. The van der Waals surface area contributed by atoms with E-state index in [1.54, 1.807) is 52.9 Å². The number of hydrogen-bond acceptors (Lipinski definition) is 4. The topological polar surface area (TPSA) is 94.1 Å². The molecule has 0 radical (unpaired) electrons. The van der Waals surface area contributed by atoms with Gasteiger partial charge in [-0.2, -0.15) is 23.4 Å². The summed E-state index contributed by atoms with van der Waals surface area (Å²) in [6.45, 7) is 1.82. The van der Waals surface area contributed by atoms with Crippen molar-refractivity contribution >= 4 is 23.3 Å². The highest BCUT2D eigenvalue weighted by Gasteiger charge is 2.35. The first-order valence-corrected chi connectivity index (χ1v) is 12.6. The number of carbonyl (C=O) groups excluding carboxylic acids is 1. The third-order valence-electron chi connectivity index (χ3n) is 6.57. The van der Waals surface area contributed by atoms with Gasteiger partial charge in [-0.25, -0.2) is 14.5 Å². The van der Waals surface area contributed by atoms with Gasteiger partial charge in [0.25, 0.3) is 0 Å². The van der Waals surface area contributed by atoms with Gasteiger partial charge in [-0.3, -0.25) is 19.7 Å². The number of benzene rings is 2. The molecule has 0 saturated heterocycles. The van der Waals surface area contributed by atoms with Crippen LogP contribution in [0.15, 0.2) is 91.4 Å².